The Bertz CT molecular complexity index is 268. The van der Waals surface area contributed by atoms with Crippen LogP contribution in [0.1, 0.15) is 33.6 Å². The Morgan fingerprint density at radius 3 is 2.47 bits per heavy atom. The highest BCUT2D eigenvalue weighted by Gasteiger charge is 2.41. The summed E-state index contributed by atoms with van der Waals surface area (Å²) in [6.07, 6.45) is 2.27. The van der Waals surface area contributed by atoms with Crippen molar-refractivity contribution in [3.8, 4) is 6.07 Å². The van der Waals surface area contributed by atoms with E-state index in [2.05, 4.69) is 36.6 Å². The molecule has 0 amide bonds. The smallest absolute Gasteiger partial charge is 0.0981 e. The number of nitrogens with zero attached hydrogens (tertiary/aromatic N) is 3. The van der Waals surface area contributed by atoms with Crippen molar-refractivity contribution in [2.24, 2.45) is 0 Å². The summed E-state index contributed by atoms with van der Waals surface area (Å²) in [6.45, 7) is 10.2. The van der Waals surface area contributed by atoms with Crippen LogP contribution >= 0.6 is 0 Å². The van der Waals surface area contributed by atoms with Gasteiger partial charge in [0.2, 0.25) is 0 Å². The number of nitriles is 1. The second-order valence-electron chi connectivity index (χ2n) is 5.75. The highest BCUT2D eigenvalue weighted by molar-refractivity contribution is 5.03. The molecule has 84 valence electrons. The lowest BCUT2D eigenvalue weighted by molar-refractivity contribution is -0.0205. The first-order valence-electron chi connectivity index (χ1n) is 5.93. The minimum absolute atomic E-state index is 0.192. The second-order valence-corrected chi connectivity index (χ2v) is 5.75. The SMILES string of the molecule is CC(C)(C)N1CC(N2CCC[C@H]2C#N)C1. The normalized spacial score (nSPS) is 30.1. The third kappa shape index (κ3) is 2.02. The fourth-order valence-corrected chi connectivity index (χ4v) is 2.58. The van der Waals surface area contributed by atoms with Gasteiger partial charge in [-0.3, -0.25) is 9.80 Å². The first kappa shape index (κ1) is 10.9. The van der Waals surface area contributed by atoms with Crippen LogP contribution in [0.5, 0.6) is 0 Å². The molecule has 3 nitrogen and oxygen atoms in total. The van der Waals surface area contributed by atoms with E-state index in [1.165, 1.54) is 6.42 Å². The van der Waals surface area contributed by atoms with Gasteiger partial charge in [0.25, 0.3) is 0 Å². The van der Waals surface area contributed by atoms with Gasteiger partial charge in [-0.2, -0.15) is 5.26 Å². The molecule has 2 heterocycles. The molecule has 0 radical (unpaired) electrons. The lowest BCUT2D eigenvalue weighted by Crippen LogP contribution is -2.65. The fraction of sp³-hybridized carbons (Fsp3) is 0.917. The number of likely N-dealkylation sites (tertiary alicyclic amines) is 2. The van der Waals surface area contributed by atoms with Gasteiger partial charge in [-0.1, -0.05) is 0 Å². The van der Waals surface area contributed by atoms with Crippen LogP contribution in [-0.4, -0.2) is 47.1 Å². The zero-order chi connectivity index (χ0) is 11.1. The molecule has 15 heavy (non-hydrogen) atoms. The van der Waals surface area contributed by atoms with Gasteiger partial charge >= 0.3 is 0 Å². The summed E-state index contributed by atoms with van der Waals surface area (Å²) in [6, 6.07) is 3.25. The van der Waals surface area contributed by atoms with Gasteiger partial charge in [-0.05, 0) is 40.2 Å². The first-order chi connectivity index (χ1) is 7.02. The molecule has 0 spiro atoms. The minimum Gasteiger partial charge on any atom is -0.295 e. The second kappa shape index (κ2) is 3.77. The molecule has 0 unspecified atom stereocenters. The summed E-state index contributed by atoms with van der Waals surface area (Å²) in [5, 5.41) is 9.03. The lowest BCUT2D eigenvalue weighted by Gasteiger charge is -2.51. The molecular formula is C12H21N3. The van der Waals surface area contributed by atoms with E-state index in [0.717, 1.165) is 26.1 Å². The quantitative estimate of drug-likeness (QED) is 0.652. The van der Waals surface area contributed by atoms with E-state index in [1.807, 2.05) is 0 Å². The maximum absolute atomic E-state index is 9.03. The van der Waals surface area contributed by atoms with Crippen LogP contribution < -0.4 is 0 Å². The molecule has 0 aromatic heterocycles. The Morgan fingerprint density at radius 2 is 1.93 bits per heavy atom. The van der Waals surface area contributed by atoms with Crippen molar-refractivity contribution in [3.05, 3.63) is 0 Å². The van der Waals surface area contributed by atoms with E-state index in [4.69, 9.17) is 5.26 Å². The number of hydrogen-bond donors (Lipinski definition) is 0. The molecule has 0 aromatic carbocycles. The van der Waals surface area contributed by atoms with Gasteiger partial charge in [0.05, 0.1) is 12.1 Å². The van der Waals surface area contributed by atoms with Gasteiger partial charge in [0, 0.05) is 24.7 Å². The van der Waals surface area contributed by atoms with Gasteiger partial charge in [-0.25, -0.2) is 0 Å². The van der Waals surface area contributed by atoms with E-state index in [9.17, 15) is 0 Å². The summed E-state index contributed by atoms with van der Waals surface area (Å²) in [5.74, 6) is 0. The molecule has 3 heteroatoms. The largest absolute Gasteiger partial charge is 0.295 e. The number of hydrogen-bond acceptors (Lipinski definition) is 3. The average Bonchev–Trinajstić information content (AvgIpc) is 2.46. The standard InChI is InChI=1S/C12H21N3/c1-12(2,3)14-8-11(9-14)15-6-4-5-10(15)7-13/h10-11H,4-6,8-9H2,1-3H3/t10-/m0/s1. The molecule has 2 aliphatic rings. The molecule has 0 aliphatic carbocycles. The molecule has 2 saturated heterocycles. The van der Waals surface area contributed by atoms with Gasteiger partial charge in [-0.15, -0.1) is 0 Å². The summed E-state index contributed by atoms with van der Waals surface area (Å²) in [7, 11) is 0. The Hall–Kier alpha value is -0.590. The van der Waals surface area contributed by atoms with E-state index >= 15 is 0 Å². The third-order valence-electron chi connectivity index (χ3n) is 3.72. The van der Waals surface area contributed by atoms with Crippen molar-refractivity contribution in [2.45, 2.75) is 51.2 Å². The molecule has 0 saturated carbocycles. The summed E-state index contributed by atoms with van der Waals surface area (Å²) >= 11 is 0. The zero-order valence-corrected chi connectivity index (χ0v) is 10.0. The van der Waals surface area contributed by atoms with Crippen LogP contribution in [-0.2, 0) is 0 Å². The Labute approximate surface area is 92.7 Å². The monoisotopic (exact) mass is 207 g/mol. The van der Waals surface area contributed by atoms with Crippen molar-refractivity contribution in [1.29, 1.82) is 5.26 Å². The molecule has 0 bridgehead atoms. The average molecular weight is 207 g/mol. The van der Waals surface area contributed by atoms with Crippen molar-refractivity contribution in [2.75, 3.05) is 19.6 Å². The Kier molecular flexibility index (Phi) is 2.74. The first-order valence-corrected chi connectivity index (χ1v) is 5.93. The molecule has 0 aromatic rings. The molecule has 2 fully saturated rings. The molecule has 1 atom stereocenters. The van der Waals surface area contributed by atoms with Crippen molar-refractivity contribution in [3.63, 3.8) is 0 Å². The van der Waals surface area contributed by atoms with E-state index in [0.29, 0.717) is 11.6 Å². The number of rotatable bonds is 1. The van der Waals surface area contributed by atoms with E-state index in [-0.39, 0.29) is 6.04 Å². The van der Waals surface area contributed by atoms with Crippen LogP contribution in [0, 0.1) is 11.3 Å². The topological polar surface area (TPSA) is 30.3 Å². The molecule has 2 aliphatic heterocycles. The van der Waals surface area contributed by atoms with Crippen LogP contribution in [0.25, 0.3) is 0 Å². The van der Waals surface area contributed by atoms with Crippen LogP contribution in [0.3, 0.4) is 0 Å². The predicted octanol–water partition coefficient (Wildman–Crippen LogP) is 1.46. The van der Waals surface area contributed by atoms with Crippen LogP contribution in [0.15, 0.2) is 0 Å². The van der Waals surface area contributed by atoms with Gasteiger partial charge in [0.15, 0.2) is 0 Å². The maximum Gasteiger partial charge on any atom is 0.0981 e. The van der Waals surface area contributed by atoms with E-state index in [1.54, 1.807) is 0 Å². The van der Waals surface area contributed by atoms with E-state index < -0.39 is 0 Å². The lowest BCUT2D eigenvalue weighted by atomic mass is 9.96. The van der Waals surface area contributed by atoms with Gasteiger partial charge in [0.1, 0.15) is 0 Å². The summed E-state index contributed by atoms with van der Waals surface area (Å²) in [5.41, 5.74) is 0.290. The van der Waals surface area contributed by atoms with Crippen molar-refractivity contribution < 1.29 is 0 Å². The van der Waals surface area contributed by atoms with Gasteiger partial charge < -0.3 is 0 Å². The summed E-state index contributed by atoms with van der Waals surface area (Å²) in [4.78, 5) is 4.90. The molecular weight excluding hydrogens is 186 g/mol. The van der Waals surface area contributed by atoms with Crippen LogP contribution in [0.2, 0.25) is 0 Å². The predicted molar refractivity (Wildman–Crippen MR) is 60.5 cm³/mol. The summed E-state index contributed by atoms with van der Waals surface area (Å²) < 4.78 is 0. The Morgan fingerprint density at radius 1 is 1.27 bits per heavy atom. The van der Waals surface area contributed by atoms with Crippen molar-refractivity contribution >= 4 is 0 Å². The fourth-order valence-electron chi connectivity index (χ4n) is 2.58. The highest BCUT2D eigenvalue weighted by atomic mass is 15.4. The van der Waals surface area contributed by atoms with Crippen LogP contribution in [0.4, 0.5) is 0 Å². The zero-order valence-electron chi connectivity index (χ0n) is 10.0. The van der Waals surface area contributed by atoms with Crippen molar-refractivity contribution in [1.82, 2.24) is 9.80 Å². The highest BCUT2D eigenvalue weighted by Crippen LogP contribution is 2.29. The molecule has 0 N–H and O–H groups in total. The Balaban J connectivity index is 1.87. The maximum atomic E-state index is 9.03. The molecule has 2 rings (SSSR count). The minimum atomic E-state index is 0.192. The third-order valence-corrected chi connectivity index (χ3v) is 3.72.